The molecule has 2 fully saturated rings. The molecule has 6 nitrogen and oxygen atoms in total. The van der Waals surface area contributed by atoms with Crippen molar-refractivity contribution in [2.75, 3.05) is 5.43 Å². The molecule has 0 aromatic carbocycles. The van der Waals surface area contributed by atoms with Crippen molar-refractivity contribution in [2.45, 2.75) is 64.0 Å². The van der Waals surface area contributed by atoms with Crippen molar-refractivity contribution < 1.29 is 22.8 Å². The van der Waals surface area contributed by atoms with Gasteiger partial charge in [0.1, 0.15) is 0 Å². The molecule has 2 aliphatic carbocycles. The van der Waals surface area contributed by atoms with Crippen molar-refractivity contribution in [1.82, 2.24) is 15.0 Å². The van der Waals surface area contributed by atoms with Gasteiger partial charge in [-0.25, -0.2) is 9.97 Å². The molecule has 1 aromatic heterocycles. The molecule has 4 rings (SSSR count). The van der Waals surface area contributed by atoms with Crippen molar-refractivity contribution in [3.05, 3.63) is 17.0 Å². The van der Waals surface area contributed by atoms with Gasteiger partial charge in [-0.1, -0.05) is 19.3 Å². The molecule has 2 amide bonds. The lowest BCUT2D eigenvalue weighted by atomic mass is 9.81. The van der Waals surface area contributed by atoms with Crippen LogP contribution >= 0.6 is 0 Å². The van der Waals surface area contributed by atoms with E-state index in [4.69, 9.17) is 0 Å². The van der Waals surface area contributed by atoms with Gasteiger partial charge in [-0.05, 0) is 38.5 Å². The molecule has 1 aromatic rings. The minimum atomic E-state index is -4.61. The van der Waals surface area contributed by atoms with Crippen molar-refractivity contribution >= 4 is 17.8 Å². The van der Waals surface area contributed by atoms with Crippen molar-refractivity contribution in [1.29, 1.82) is 0 Å². The van der Waals surface area contributed by atoms with E-state index in [0.717, 1.165) is 30.7 Å². The molecule has 3 aliphatic rings. The number of hydrogen-bond donors (Lipinski definition) is 1. The number of imide groups is 1. The summed E-state index contributed by atoms with van der Waals surface area (Å²) in [6, 6.07) is 0. The van der Waals surface area contributed by atoms with Crippen LogP contribution in [-0.2, 0) is 28.6 Å². The quantitative estimate of drug-likeness (QED) is 0.628. The highest BCUT2D eigenvalue weighted by molar-refractivity contribution is 6.06. The molecule has 2 unspecified atom stereocenters. The van der Waals surface area contributed by atoms with Crippen LogP contribution in [0, 0.1) is 11.8 Å². The molecule has 1 saturated heterocycles. The van der Waals surface area contributed by atoms with Crippen molar-refractivity contribution in [2.24, 2.45) is 11.8 Å². The number of rotatable bonds is 2. The summed E-state index contributed by atoms with van der Waals surface area (Å²) in [7, 11) is 0. The minimum Gasteiger partial charge on any atom is -0.272 e. The van der Waals surface area contributed by atoms with E-state index in [1.54, 1.807) is 0 Å². The van der Waals surface area contributed by atoms with Crippen LogP contribution in [-0.4, -0.2) is 26.8 Å². The smallest absolute Gasteiger partial charge is 0.272 e. The van der Waals surface area contributed by atoms with E-state index in [1.165, 1.54) is 0 Å². The molecular formula is C18H21F3N4O2. The summed E-state index contributed by atoms with van der Waals surface area (Å²) in [6.07, 6.45) is 1.38. The number of alkyl halides is 3. The highest BCUT2D eigenvalue weighted by Crippen LogP contribution is 2.39. The van der Waals surface area contributed by atoms with Crippen LogP contribution in [0.3, 0.4) is 0 Å². The number of aromatic nitrogens is 2. The number of fused-ring (bicyclic) bond motifs is 2. The van der Waals surface area contributed by atoms with E-state index < -0.39 is 23.7 Å². The molecule has 146 valence electrons. The Labute approximate surface area is 154 Å². The van der Waals surface area contributed by atoms with E-state index >= 15 is 0 Å². The van der Waals surface area contributed by atoms with Crippen LogP contribution in [0.4, 0.5) is 19.1 Å². The Bertz CT molecular complexity index is 757. The molecule has 2 heterocycles. The van der Waals surface area contributed by atoms with E-state index in [-0.39, 0.29) is 29.8 Å². The molecule has 1 saturated carbocycles. The molecule has 1 N–H and O–H groups in total. The van der Waals surface area contributed by atoms with Crippen LogP contribution in [0.25, 0.3) is 0 Å². The van der Waals surface area contributed by atoms with Gasteiger partial charge in [0.2, 0.25) is 5.95 Å². The lowest BCUT2D eigenvalue weighted by Crippen LogP contribution is -2.37. The Kier molecular flexibility index (Phi) is 4.55. The average Bonchev–Trinajstić information content (AvgIpc) is 2.81. The Hall–Kier alpha value is -2.19. The Morgan fingerprint density at radius 1 is 0.889 bits per heavy atom. The third kappa shape index (κ3) is 3.27. The number of carbonyl (C=O) groups is 2. The molecule has 2 atom stereocenters. The lowest BCUT2D eigenvalue weighted by Gasteiger charge is -2.19. The van der Waals surface area contributed by atoms with Crippen LogP contribution in [0.1, 0.15) is 61.9 Å². The Morgan fingerprint density at radius 2 is 1.52 bits per heavy atom. The molecular weight excluding hydrogens is 361 g/mol. The van der Waals surface area contributed by atoms with Crippen LogP contribution in [0.5, 0.6) is 0 Å². The first kappa shape index (κ1) is 18.2. The first-order valence-corrected chi connectivity index (χ1v) is 9.47. The van der Waals surface area contributed by atoms with E-state index in [2.05, 4.69) is 15.4 Å². The fourth-order valence-corrected chi connectivity index (χ4v) is 4.43. The second kappa shape index (κ2) is 6.76. The van der Waals surface area contributed by atoms with Gasteiger partial charge in [-0.3, -0.25) is 15.0 Å². The zero-order valence-electron chi connectivity index (χ0n) is 14.8. The summed E-state index contributed by atoms with van der Waals surface area (Å²) in [5, 5.41) is 0.833. The lowest BCUT2D eigenvalue weighted by molar-refractivity contribution is -0.141. The summed E-state index contributed by atoms with van der Waals surface area (Å²) in [6.45, 7) is 0. The average molecular weight is 382 g/mol. The van der Waals surface area contributed by atoms with Gasteiger partial charge in [-0.15, -0.1) is 0 Å². The number of halogens is 3. The fraction of sp³-hybridized carbons (Fsp3) is 0.667. The maximum Gasteiger partial charge on any atom is 0.433 e. The van der Waals surface area contributed by atoms with E-state index in [9.17, 15) is 22.8 Å². The summed E-state index contributed by atoms with van der Waals surface area (Å²) in [5.74, 6) is -1.89. The number of carbonyl (C=O) groups excluding carboxylic acids is 2. The largest absolute Gasteiger partial charge is 0.433 e. The second-order valence-corrected chi connectivity index (χ2v) is 7.50. The fourth-order valence-electron chi connectivity index (χ4n) is 4.43. The summed E-state index contributed by atoms with van der Waals surface area (Å²) in [5.41, 5.74) is 2.02. The highest BCUT2D eigenvalue weighted by Gasteiger charge is 2.49. The third-order valence-corrected chi connectivity index (χ3v) is 5.75. The summed E-state index contributed by atoms with van der Waals surface area (Å²) >= 11 is 0. The van der Waals surface area contributed by atoms with Gasteiger partial charge < -0.3 is 0 Å². The number of amides is 2. The number of anilines is 1. The molecule has 9 heteroatoms. The minimum absolute atomic E-state index is 0.137. The standard InChI is InChI=1S/C18H21F3N4O2/c19-18(20,21)14-12-8-2-1-3-9-13(12)22-17(23-14)24-25-15(26)10-6-4-5-7-11(10)16(25)27/h10-11H,1-9H2,(H,22,23,24). The van der Waals surface area contributed by atoms with Crippen molar-refractivity contribution in [3.63, 3.8) is 0 Å². The molecule has 1 aliphatic heterocycles. The van der Waals surface area contributed by atoms with Crippen LogP contribution in [0.2, 0.25) is 0 Å². The number of hydrogen-bond acceptors (Lipinski definition) is 5. The summed E-state index contributed by atoms with van der Waals surface area (Å²) < 4.78 is 40.6. The molecule has 27 heavy (non-hydrogen) atoms. The molecule has 0 spiro atoms. The zero-order chi connectivity index (χ0) is 19.2. The van der Waals surface area contributed by atoms with Crippen LogP contribution < -0.4 is 5.43 Å². The first-order valence-electron chi connectivity index (χ1n) is 9.47. The SMILES string of the molecule is O=C1C2CCCCC2C(=O)N1Nc1nc2c(c(C(F)(F)F)n1)CCCCC2. The number of nitrogens with one attached hydrogen (secondary N) is 1. The number of hydrazine groups is 1. The highest BCUT2D eigenvalue weighted by atomic mass is 19.4. The Balaban J connectivity index is 1.67. The van der Waals surface area contributed by atoms with E-state index in [1.807, 2.05) is 0 Å². The monoisotopic (exact) mass is 382 g/mol. The second-order valence-electron chi connectivity index (χ2n) is 7.50. The van der Waals surface area contributed by atoms with Crippen LogP contribution in [0.15, 0.2) is 0 Å². The predicted octanol–water partition coefficient (Wildman–Crippen LogP) is 3.27. The third-order valence-electron chi connectivity index (χ3n) is 5.75. The van der Waals surface area contributed by atoms with E-state index in [0.29, 0.717) is 31.4 Å². The summed E-state index contributed by atoms with van der Waals surface area (Å²) in [4.78, 5) is 33.0. The number of nitrogens with zero attached hydrogens (tertiary/aromatic N) is 3. The first-order chi connectivity index (χ1) is 12.9. The number of aryl methyl sites for hydroxylation is 1. The maximum atomic E-state index is 13.5. The van der Waals surface area contributed by atoms with Gasteiger partial charge >= 0.3 is 6.18 Å². The van der Waals surface area contributed by atoms with Crippen molar-refractivity contribution in [3.8, 4) is 0 Å². The van der Waals surface area contributed by atoms with Gasteiger partial charge in [0.15, 0.2) is 5.69 Å². The van der Waals surface area contributed by atoms with Gasteiger partial charge in [0.05, 0.1) is 11.8 Å². The van der Waals surface area contributed by atoms with Gasteiger partial charge in [0.25, 0.3) is 11.8 Å². The Morgan fingerprint density at radius 3 is 2.15 bits per heavy atom. The molecule has 0 radical (unpaired) electrons. The molecule has 0 bridgehead atoms. The topological polar surface area (TPSA) is 75.2 Å². The normalized spacial score (nSPS) is 25.8. The predicted molar refractivity (Wildman–Crippen MR) is 89.2 cm³/mol. The maximum absolute atomic E-state index is 13.5. The van der Waals surface area contributed by atoms with Gasteiger partial charge in [0, 0.05) is 11.3 Å². The van der Waals surface area contributed by atoms with Gasteiger partial charge in [-0.2, -0.15) is 18.2 Å². The zero-order valence-corrected chi connectivity index (χ0v) is 14.8.